The van der Waals surface area contributed by atoms with Crippen molar-refractivity contribution in [3.63, 3.8) is 0 Å². The molecule has 0 aliphatic carbocycles. The number of benzene rings is 1. The highest BCUT2D eigenvalue weighted by Gasteiger charge is 2.49. The molecular formula is C16H16FN5O3S. The van der Waals surface area contributed by atoms with Gasteiger partial charge in [-0.15, -0.1) is 10.2 Å². The molecule has 1 fully saturated rings. The highest BCUT2D eigenvalue weighted by atomic mass is 32.1. The summed E-state index contributed by atoms with van der Waals surface area (Å²) in [6, 6.07) is 4.56. The van der Waals surface area contributed by atoms with E-state index in [-0.39, 0.29) is 0 Å². The highest BCUT2D eigenvalue weighted by molar-refractivity contribution is 7.15. The third-order valence-electron chi connectivity index (χ3n) is 4.01. The van der Waals surface area contributed by atoms with E-state index in [0.29, 0.717) is 17.1 Å². The zero-order valence-corrected chi connectivity index (χ0v) is 14.9. The summed E-state index contributed by atoms with van der Waals surface area (Å²) < 4.78 is 13.1. The van der Waals surface area contributed by atoms with E-state index >= 15 is 0 Å². The zero-order chi connectivity index (χ0) is 18.9. The minimum absolute atomic E-state index is 0.306. The number of amides is 4. The number of aromatic nitrogens is 2. The molecule has 10 heteroatoms. The van der Waals surface area contributed by atoms with Gasteiger partial charge in [0.25, 0.3) is 5.91 Å². The number of nitrogens with zero attached hydrogens (tertiary/aromatic N) is 3. The van der Waals surface area contributed by atoms with Crippen LogP contribution < -0.4 is 10.6 Å². The molecule has 8 nitrogen and oxygen atoms in total. The molecule has 1 aliphatic heterocycles. The predicted octanol–water partition coefficient (Wildman–Crippen LogP) is 1.65. The summed E-state index contributed by atoms with van der Waals surface area (Å²) in [5.41, 5.74) is -0.930. The van der Waals surface area contributed by atoms with Crippen LogP contribution in [0.25, 0.3) is 0 Å². The minimum Gasteiger partial charge on any atom is -0.319 e. The largest absolute Gasteiger partial charge is 0.325 e. The number of anilines is 1. The smallest absolute Gasteiger partial charge is 0.319 e. The summed E-state index contributed by atoms with van der Waals surface area (Å²) in [7, 11) is 0. The van der Waals surface area contributed by atoms with Crippen LogP contribution in [0.15, 0.2) is 24.3 Å². The van der Waals surface area contributed by atoms with Crippen molar-refractivity contribution in [2.24, 2.45) is 0 Å². The van der Waals surface area contributed by atoms with E-state index in [1.54, 1.807) is 0 Å². The van der Waals surface area contributed by atoms with Crippen LogP contribution >= 0.6 is 11.3 Å². The maximum Gasteiger partial charge on any atom is 0.325 e. The molecule has 1 aromatic heterocycles. The molecule has 3 rings (SSSR count). The van der Waals surface area contributed by atoms with Crippen LogP contribution in [0.4, 0.5) is 14.3 Å². The van der Waals surface area contributed by atoms with Crippen molar-refractivity contribution in [2.45, 2.75) is 25.8 Å². The lowest BCUT2D eigenvalue weighted by molar-refractivity contribution is -0.133. The molecule has 2 heterocycles. The Bertz CT molecular complexity index is 869. The van der Waals surface area contributed by atoms with E-state index in [2.05, 4.69) is 20.8 Å². The van der Waals surface area contributed by atoms with Gasteiger partial charge < -0.3 is 5.32 Å². The molecular weight excluding hydrogens is 361 g/mol. The van der Waals surface area contributed by atoms with E-state index in [4.69, 9.17) is 0 Å². The SMILES string of the molecule is CCc1nnc(NC(=O)CN2C(=O)NC(C)(c3ccc(F)cc3)C2=O)s1. The Labute approximate surface area is 152 Å². The van der Waals surface area contributed by atoms with Gasteiger partial charge >= 0.3 is 6.03 Å². The molecule has 1 aliphatic rings. The number of carbonyl (C=O) groups excluding carboxylic acids is 3. The van der Waals surface area contributed by atoms with Crippen molar-refractivity contribution in [1.29, 1.82) is 0 Å². The minimum atomic E-state index is -1.36. The van der Waals surface area contributed by atoms with Crippen LogP contribution in [0.2, 0.25) is 0 Å². The first kappa shape index (κ1) is 17.9. The van der Waals surface area contributed by atoms with E-state index in [1.165, 1.54) is 42.5 Å². The molecule has 0 radical (unpaired) electrons. The molecule has 26 heavy (non-hydrogen) atoms. The second-order valence-electron chi connectivity index (χ2n) is 5.86. The first-order chi connectivity index (χ1) is 12.3. The van der Waals surface area contributed by atoms with Gasteiger partial charge in [-0.05, 0) is 31.0 Å². The van der Waals surface area contributed by atoms with Gasteiger partial charge in [0, 0.05) is 0 Å². The molecule has 1 atom stereocenters. The number of halogens is 1. The van der Waals surface area contributed by atoms with Gasteiger partial charge in [-0.3, -0.25) is 19.8 Å². The maximum absolute atomic E-state index is 13.1. The first-order valence-corrected chi connectivity index (χ1v) is 8.67. The lowest BCUT2D eigenvalue weighted by atomic mass is 9.92. The third kappa shape index (κ3) is 3.27. The molecule has 1 saturated heterocycles. The lowest BCUT2D eigenvalue weighted by Gasteiger charge is -2.22. The average molecular weight is 377 g/mol. The molecule has 136 valence electrons. The average Bonchev–Trinajstić information content (AvgIpc) is 3.14. The van der Waals surface area contributed by atoms with Crippen molar-refractivity contribution in [1.82, 2.24) is 20.4 Å². The number of urea groups is 1. The number of nitrogens with one attached hydrogen (secondary N) is 2. The predicted molar refractivity (Wildman–Crippen MR) is 91.9 cm³/mol. The Morgan fingerprint density at radius 1 is 1.31 bits per heavy atom. The van der Waals surface area contributed by atoms with Gasteiger partial charge in [0.15, 0.2) is 0 Å². The molecule has 0 saturated carbocycles. The van der Waals surface area contributed by atoms with Crippen LogP contribution in [-0.4, -0.2) is 39.5 Å². The Kier molecular flexibility index (Phi) is 4.68. The summed E-state index contributed by atoms with van der Waals surface area (Å²) in [4.78, 5) is 37.9. The summed E-state index contributed by atoms with van der Waals surface area (Å²) in [5.74, 6) is -1.60. The van der Waals surface area contributed by atoms with Crippen molar-refractivity contribution >= 4 is 34.3 Å². The maximum atomic E-state index is 13.1. The molecule has 1 unspecified atom stereocenters. The van der Waals surface area contributed by atoms with Crippen LogP contribution in [0, 0.1) is 5.82 Å². The molecule has 0 bridgehead atoms. The number of hydrogen-bond donors (Lipinski definition) is 2. The Hall–Kier alpha value is -2.88. The van der Waals surface area contributed by atoms with Gasteiger partial charge in [-0.2, -0.15) is 0 Å². The van der Waals surface area contributed by atoms with Gasteiger partial charge in [-0.25, -0.2) is 9.18 Å². The Morgan fingerprint density at radius 3 is 2.62 bits per heavy atom. The second kappa shape index (κ2) is 6.79. The van der Waals surface area contributed by atoms with Crippen LogP contribution in [0.1, 0.15) is 24.4 Å². The number of imide groups is 1. The molecule has 0 spiro atoms. The number of aryl methyl sites for hydroxylation is 1. The summed E-state index contributed by atoms with van der Waals surface area (Å²) in [6.07, 6.45) is 0.691. The van der Waals surface area contributed by atoms with E-state index in [1.807, 2.05) is 6.92 Å². The third-order valence-corrected chi connectivity index (χ3v) is 5.00. The lowest BCUT2D eigenvalue weighted by Crippen LogP contribution is -2.42. The molecule has 2 N–H and O–H groups in total. The van der Waals surface area contributed by atoms with Crippen molar-refractivity contribution in [3.05, 3.63) is 40.7 Å². The van der Waals surface area contributed by atoms with Gasteiger partial charge in [-0.1, -0.05) is 30.4 Å². The zero-order valence-electron chi connectivity index (χ0n) is 14.1. The molecule has 2 aromatic rings. The first-order valence-electron chi connectivity index (χ1n) is 7.86. The Morgan fingerprint density at radius 2 is 2.00 bits per heavy atom. The van der Waals surface area contributed by atoms with E-state index in [9.17, 15) is 18.8 Å². The molecule has 4 amide bonds. The van der Waals surface area contributed by atoms with Gasteiger partial charge in [0.1, 0.15) is 22.9 Å². The highest BCUT2D eigenvalue weighted by Crippen LogP contribution is 2.29. The standard InChI is InChI=1S/C16H16FN5O3S/c1-3-12-20-21-14(26-12)18-11(23)8-22-13(24)16(2,19-15(22)25)9-4-6-10(17)7-5-9/h4-7H,3,8H2,1-2H3,(H,19,25)(H,18,21,23). The van der Waals surface area contributed by atoms with Crippen LogP contribution in [-0.2, 0) is 21.5 Å². The summed E-state index contributed by atoms with van der Waals surface area (Å²) in [5, 5.41) is 13.9. The van der Waals surface area contributed by atoms with Crippen LogP contribution in [0.5, 0.6) is 0 Å². The quantitative estimate of drug-likeness (QED) is 0.771. The fourth-order valence-corrected chi connectivity index (χ4v) is 3.26. The topological polar surface area (TPSA) is 104 Å². The van der Waals surface area contributed by atoms with Crippen LogP contribution in [0.3, 0.4) is 0 Å². The number of carbonyl (C=O) groups is 3. The summed E-state index contributed by atoms with van der Waals surface area (Å²) >= 11 is 1.23. The fourth-order valence-electron chi connectivity index (χ4n) is 2.57. The number of rotatable bonds is 5. The van der Waals surface area contributed by atoms with E-state index < -0.39 is 35.7 Å². The molecule has 1 aromatic carbocycles. The van der Waals surface area contributed by atoms with Crippen molar-refractivity contribution < 1.29 is 18.8 Å². The fraction of sp³-hybridized carbons (Fsp3) is 0.312. The summed E-state index contributed by atoms with van der Waals surface area (Å²) in [6.45, 7) is 2.97. The Balaban J connectivity index is 1.72. The van der Waals surface area contributed by atoms with Crippen molar-refractivity contribution in [2.75, 3.05) is 11.9 Å². The number of hydrogen-bond acceptors (Lipinski definition) is 6. The van der Waals surface area contributed by atoms with Crippen molar-refractivity contribution in [3.8, 4) is 0 Å². The van der Waals surface area contributed by atoms with Gasteiger partial charge in [0.05, 0.1) is 0 Å². The normalized spacial score (nSPS) is 19.6. The van der Waals surface area contributed by atoms with Gasteiger partial charge in [0.2, 0.25) is 11.0 Å². The second-order valence-corrected chi connectivity index (χ2v) is 6.92. The monoisotopic (exact) mass is 377 g/mol. The van der Waals surface area contributed by atoms with E-state index in [0.717, 1.165) is 9.91 Å².